The molecule has 6 heteroatoms. The molecule has 0 spiro atoms. The van der Waals surface area contributed by atoms with Gasteiger partial charge in [0.1, 0.15) is 11.6 Å². The van der Waals surface area contributed by atoms with Crippen LogP contribution in [0.3, 0.4) is 0 Å². The molecule has 1 heterocycles. The Hall–Kier alpha value is -2.34. The minimum absolute atomic E-state index is 0.288. The zero-order valence-electron chi connectivity index (χ0n) is 16.2. The third kappa shape index (κ3) is 4.85. The second-order valence-electron chi connectivity index (χ2n) is 7.09. The van der Waals surface area contributed by atoms with Crippen LogP contribution in [-0.4, -0.2) is 41.4 Å². The molecule has 0 aliphatic heterocycles. The van der Waals surface area contributed by atoms with Crippen molar-refractivity contribution in [2.24, 2.45) is 0 Å². The zero-order chi connectivity index (χ0) is 19.3. The van der Waals surface area contributed by atoms with Crippen molar-refractivity contribution in [2.45, 2.75) is 52.7 Å². The molecule has 2 aromatic rings. The molecule has 0 aliphatic carbocycles. The smallest absolute Gasteiger partial charge is 0.419 e. The van der Waals surface area contributed by atoms with E-state index in [0.29, 0.717) is 19.6 Å². The number of carbonyl (C=O) groups is 2. The van der Waals surface area contributed by atoms with Crippen molar-refractivity contribution < 1.29 is 19.1 Å². The molecule has 6 nitrogen and oxygen atoms in total. The number of rotatable bonds is 6. The van der Waals surface area contributed by atoms with Crippen LogP contribution in [-0.2, 0) is 20.7 Å². The number of hydrogen-bond acceptors (Lipinski definition) is 5. The summed E-state index contributed by atoms with van der Waals surface area (Å²) in [6.45, 7) is 10.2. The van der Waals surface area contributed by atoms with E-state index < -0.39 is 17.7 Å². The number of esters is 1. The Morgan fingerprint density at radius 1 is 1.19 bits per heavy atom. The minimum atomic E-state index is -0.583. The summed E-state index contributed by atoms with van der Waals surface area (Å²) in [5.41, 5.74) is 1.07. The maximum atomic E-state index is 12.6. The first-order valence-electron chi connectivity index (χ1n) is 8.99. The average Bonchev–Trinajstić information content (AvgIpc) is 2.92. The maximum absolute atomic E-state index is 12.6. The molecular weight excluding hydrogens is 332 g/mol. The Balaban J connectivity index is 2.38. The Labute approximate surface area is 154 Å². The van der Waals surface area contributed by atoms with Gasteiger partial charge in [-0.3, -0.25) is 9.36 Å². The summed E-state index contributed by atoms with van der Waals surface area (Å²) in [6, 6.07) is 7.14. The molecule has 0 unspecified atom stereocenters. The Morgan fingerprint density at radius 3 is 2.50 bits per heavy atom. The van der Waals surface area contributed by atoms with Crippen molar-refractivity contribution in [2.75, 3.05) is 13.2 Å². The predicted molar refractivity (Wildman–Crippen MR) is 101 cm³/mol. The monoisotopic (exact) mass is 360 g/mol. The van der Waals surface area contributed by atoms with Crippen molar-refractivity contribution in [3.05, 3.63) is 36.0 Å². The number of ether oxygens (including phenoxy) is 2. The number of aromatic nitrogens is 1. The molecule has 26 heavy (non-hydrogen) atoms. The molecule has 2 rings (SSSR count). The normalized spacial score (nSPS) is 12.8. The van der Waals surface area contributed by atoms with Crippen LogP contribution in [0.25, 0.3) is 10.9 Å². The first-order chi connectivity index (χ1) is 12.3. The van der Waals surface area contributed by atoms with Crippen molar-refractivity contribution in [3.8, 4) is 0 Å². The first kappa shape index (κ1) is 20.0. The maximum Gasteiger partial charge on any atom is 0.419 e. The van der Waals surface area contributed by atoms with Gasteiger partial charge in [0, 0.05) is 18.0 Å². The van der Waals surface area contributed by atoms with Gasteiger partial charge in [0.2, 0.25) is 0 Å². The van der Waals surface area contributed by atoms with Crippen molar-refractivity contribution >= 4 is 23.0 Å². The molecule has 0 aliphatic rings. The summed E-state index contributed by atoms with van der Waals surface area (Å²) in [7, 11) is 0. The van der Waals surface area contributed by atoms with Gasteiger partial charge >= 0.3 is 12.1 Å². The van der Waals surface area contributed by atoms with Crippen molar-refractivity contribution in [1.29, 1.82) is 0 Å². The van der Waals surface area contributed by atoms with E-state index in [2.05, 4.69) is 5.32 Å². The SMILES string of the molecule is CCN[C@@H](Cc1cn(C(=O)OC(C)(C)C)c2ccccc12)C(=O)OCC. The molecule has 0 fully saturated rings. The van der Waals surface area contributed by atoms with Gasteiger partial charge in [0.15, 0.2) is 0 Å². The van der Waals surface area contributed by atoms with Crippen LogP contribution in [0, 0.1) is 0 Å². The third-order valence-corrected chi connectivity index (χ3v) is 3.83. The van der Waals surface area contributed by atoms with E-state index in [-0.39, 0.29) is 5.97 Å². The van der Waals surface area contributed by atoms with Crippen LogP contribution < -0.4 is 5.32 Å². The number of benzene rings is 1. The molecular formula is C20H28N2O4. The molecule has 1 aromatic heterocycles. The fourth-order valence-electron chi connectivity index (χ4n) is 2.82. The molecule has 0 saturated carbocycles. The number of para-hydroxylation sites is 1. The quantitative estimate of drug-likeness (QED) is 0.799. The van der Waals surface area contributed by atoms with E-state index in [9.17, 15) is 9.59 Å². The number of nitrogens with one attached hydrogen (secondary N) is 1. The fraction of sp³-hybridized carbons (Fsp3) is 0.500. The van der Waals surface area contributed by atoms with Gasteiger partial charge in [0.05, 0.1) is 12.1 Å². The topological polar surface area (TPSA) is 69.6 Å². The van der Waals surface area contributed by atoms with Gasteiger partial charge in [-0.05, 0) is 45.9 Å². The van der Waals surface area contributed by atoms with E-state index in [1.54, 1.807) is 13.1 Å². The summed E-state index contributed by atoms with van der Waals surface area (Å²) >= 11 is 0. The van der Waals surface area contributed by atoms with E-state index >= 15 is 0 Å². The highest BCUT2D eigenvalue weighted by atomic mass is 16.6. The third-order valence-electron chi connectivity index (χ3n) is 3.83. The zero-order valence-corrected chi connectivity index (χ0v) is 16.2. The molecule has 1 aromatic carbocycles. The number of likely N-dealkylation sites (N-methyl/N-ethyl adjacent to an activating group) is 1. The lowest BCUT2D eigenvalue weighted by molar-refractivity contribution is -0.145. The number of hydrogen-bond donors (Lipinski definition) is 1. The lowest BCUT2D eigenvalue weighted by Gasteiger charge is -2.19. The summed E-state index contributed by atoms with van der Waals surface area (Å²) in [4.78, 5) is 24.8. The second-order valence-corrected chi connectivity index (χ2v) is 7.09. The van der Waals surface area contributed by atoms with Gasteiger partial charge < -0.3 is 14.8 Å². The van der Waals surface area contributed by atoms with Crippen molar-refractivity contribution in [3.63, 3.8) is 0 Å². The highest BCUT2D eigenvalue weighted by molar-refractivity contribution is 5.92. The van der Waals surface area contributed by atoms with E-state index in [1.165, 1.54) is 4.57 Å². The summed E-state index contributed by atoms with van der Waals surface area (Å²) < 4.78 is 12.2. The molecule has 1 atom stereocenters. The molecule has 0 amide bonds. The summed E-state index contributed by atoms with van der Waals surface area (Å²) in [5.74, 6) is -0.288. The van der Waals surface area contributed by atoms with Crippen LogP contribution in [0.5, 0.6) is 0 Å². The molecule has 0 saturated heterocycles. The number of nitrogens with zero attached hydrogens (tertiary/aromatic N) is 1. The summed E-state index contributed by atoms with van der Waals surface area (Å²) in [6.07, 6.45) is 1.75. The Morgan fingerprint density at radius 2 is 1.88 bits per heavy atom. The van der Waals surface area contributed by atoms with Gasteiger partial charge in [-0.2, -0.15) is 0 Å². The Bertz CT molecular complexity index is 774. The largest absolute Gasteiger partial charge is 0.465 e. The van der Waals surface area contributed by atoms with E-state index in [4.69, 9.17) is 9.47 Å². The van der Waals surface area contributed by atoms with Crippen LogP contribution in [0.15, 0.2) is 30.5 Å². The first-order valence-corrected chi connectivity index (χ1v) is 8.99. The highest BCUT2D eigenvalue weighted by Gasteiger charge is 2.24. The molecule has 0 bridgehead atoms. The average molecular weight is 360 g/mol. The molecule has 1 N–H and O–H groups in total. The molecule has 0 radical (unpaired) electrons. The van der Waals surface area contributed by atoms with Crippen LogP contribution in [0.2, 0.25) is 0 Å². The van der Waals surface area contributed by atoms with E-state index in [0.717, 1.165) is 16.5 Å². The van der Waals surface area contributed by atoms with Gasteiger partial charge in [-0.1, -0.05) is 25.1 Å². The fourth-order valence-corrected chi connectivity index (χ4v) is 2.82. The van der Waals surface area contributed by atoms with Crippen LogP contribution >= 0.6 is 0 Å². The highest BCUT2D eigenvalue weighted by Crippen LogP contribution is 2.24. The lowest BCUT2D eigenvalue weighted by atomic mass is 10.1. The van der Waals surface area contributed by atoms with Gasteiger partial charge in [-0.15, -0.1) is 0 Å². The minimum Gasteiger partial charge on any atom is -0.465 e. The summed E-state index contributed by atoms with van der Waals surface area (Å²) in [5, 5.41) is 4.08. The Kier molecular flexibility index (Phi) is 6.42. The predicted octanol–water partition coefficient (Wildman–Crippen LogP) is 3.51. The lowest BCUT2D eigenvalue weighted by Crippen LogP contribution is -2.39. The number of fused-ring (bicyclic) bond motifs is 1. The van der Waals surface area contributed by atoms with Gasteiger partial charge in [-0.25, -0.2) is 4.79 Å². The van der Waals surface area contributed by atoms with Crippen molar-refractivity contribution in [1.82, 2.24) is 9.88 Å². The second kappa shape index (κ2) is 8.36. The van der Waals surface area contributed by atoms with Crippen LogP contribution in [0.4, 0.5) is 4.79 Å². The number of carbonyl (C=O) groups excluding carboxylic acids is 2. The van der Waals surface area contributed by atoms with E-state index in [1.807, 2.05) is 52.0 Å². The standard InChI is InChI=1S/C20H28N2O4/c1-6-21-16(18(23)25-7-2)12-14-13-22(19(24)26-20(3,4)5)17-11-9-8-10-15(14)17/h8-11,13,16,21H,6-7,12H2,1-5H3/t16-/m0/s1. The van der Waals surface area contributed by atoms with Crippen LogP contribution in [0.1, 0.15) is 40.2 Å². The molecule has 142 valence electrons. The van der Waals surface area contributed by atoms with Gasteiger partial charge in [0.25, 0.3) is 0 Å².